The average molecular weight is 1170 g/mol. The number of hydrogen-bond acceptors (Lipinski definition) is 10. The molecule has 81 heavy (non-hydrogen) atoms. The van der Waals surface area contributed by atoms with Gasteiger partial charge in [-0.25, -0.2) is 4.18 Å². The molecule has 0 aliphatic carbocycles. The van der Waals surface area contributed by atoms with Crippen LogP contribution in [0.25, 0.3) is 0 Å². The maximum absolute atomic E-state index is 13.2. The molecule has 12 nitrogen and oxygen atoms in total. The summed E-state index contributed by atoms with van der Waals surface area (Å²) in [6.45, 7) is 3.52. The van der Waals surface area contributed by atoms with Crippen molar-refractivity contribution in [3.63, 3.8) is 0 Å². The van der Waals surface area contributed by atoms with Crippen LogP contribution in [0, 0.1) is 0 Å². The summed E-state index contributed by atoms with van der Waals surface area (Å²) in [7, 11) is -5.08. The van der Waals surface area contributed by atoms with E-state index in [1.165, 1.54) is 283 Å². The summed E-state index contributed by atoms with van der Waals surface area (Å²) in [5, 5.41) is 45.3. The van der Waals surface area contributed by atoms with Gasteiger partial charge >= 0.3 is 10.4 Å². The van der Waals surface area contributed by atoms with Crippen molar-refractivity contribution in [2.75, 3.05) is 13.2 Å². The number of carbonyl (C=O) groups is 1. The van der Waals surface area contributed by atoms with E-state index < -0.39 is 59.9 Å². The lowest BCUT2D eigenvalue weighted by atomic mass is 9.99. The number of hydrogen-bond donors (Lipinski definition) is 6. The van der Waals surface area contributed by atoms with E-state index >= 15 is 0 Å². The first-order chi connectivity index (χ1) is 39.5. The Bertz CT molecular complexity index is 1470. The zero-order valence-electron chi connectivity index (χ0n) is 52.9. The molecule has 482 valence electrons. The van der Waals surface area contributed by atoms with Crippen LogP contribution >= 0.6 is 0 Å². The highest BCUT2D eigenvalue weighted by atomic mass is 32.3. The number of allylic oxidation sites excluding steroid dienone is 2. The zero-order chi connectivity index (χ0) is 59.0. The van der Waals surface area contributed by atoms with Gasteiger partial charge in [-0.15, -0.1) is 0 Å². The molecule has 0 radical (unpaired) electrons. The van der Waals surface area contributed by atoms with E-state index in [4.69, 9.17) is 9.47 Å². The summed E-state index contributed by atoms with van der Waals surface area (Å²) in [5.74, 6) is -0.221. The molecule has 1 aliphatic heterocycles. The predicted molar refractivity (Wildman–Crippen MR) is 338 cm³/mol. The van der Waals surface area contributed by atoms with Crippen molar-refractivity contribution in [1.29, 1.82) is 0 Å². The third kappa shape index (κ3) is 49.6. The van der Waals surface area contributed by atoms with Crippen LogP contribution in [0.2, 0.25) is 0 Å². The summed E-state index contributed by atoms with van der Waals surface area (Å²) in [4.78, 5) is 13.2. The Balaban J connectivity index is 2.21. The van der Waals surface area contributed by atoms with Crippen LogP contribution in [-0.2, 0) is 28.9 Å². The smallest absolute Gasteiger partial charge is 0.394 e. The molecular weight excluding hydrogens is 1040 g/mol. The monoisotopic (exact) mass is 1170 g/mol. The molecule has 1 amide bonds. The Kier molecular flexibility index (Phi) is 55.6. The fourth-order valence-corrected chi connectivity index (χ4v) is 12.2. The van der Waals surface area contributed by atoms with Crippen LogP contribution in [-0.4, -0.2) is 95.4 Å². The van der Waals surface area contributed by atoms with Gasteiger partial charge in [-0.1, -0.05) is 328 Å². The van der Waals surface area contributed by atoms with E-state index in [1.807, 2.05) is 0 Å². The molecule has 0 aromatic carbocycles. The fraction of sp³-hybridized carbons (Fsp3) is 0.956. The quantitative estimate of drug-likeness (QED) is 0.0193. The van der Waals surface area contributed by atoms with Crippen molar-refractivity contribution in [2.45, 2.75) is 403 Å². The third-order valence-electron chi connectivity index (χ3n) is 17.1. The molecule has 1 fully saturated rings. The first-order valence-corrected chi connectivity index (χ1v) is 36.4. The van der Waals surface area contributed by atoms with Gasteiger partial charge < -0.3 is 35.2 Å². The number of amides is 1. The Morgan fingerprint density at radius 1 is 0.481 bits per heavy atom. The van der Waals surface area contributed by atoms with Crippen molar-refractivity contribution in [1.82, 2.24) is 5.32 Å². The first kappa shape index (κ1) is 77.9. The van der Waals surface area contributed by atoms with E-state index in [0.717, 1.165) is 51.4 Å². The van der Waals surface area contributed by atoms with Crippen molar-refractivity contribution < 1.29 is 51.8 Å². The lowest BCUT2D eigenvalue weighted by molar-refractivity contribution is -0.298. The number of aliphatic hydroxyl groups excluding tert-OH is 4. The second-order valence-corrected chi connectivity index (χ2v) is 25.9. The van der Waals surface area contributed by atoms with Gasteiger partial charge in [0, 0.05) is 6.42 Å². The van der Waals surface area contributed by atoms with Crippen LogP contribution < -0.4 is 5.32 Å². The predicted octanol–water partition coefficient (Wildman–Crippen LogP) is 18.1. The van der Waals surface area contributed by atoms with Crippen molar-refractivity contribution in [3.8, 4) is 0 Å². The number of ether oxygens (including phenoxy) is 2. The molecule has 13 heteroatoms. The van der Waals surface area contributed by atoms with Gasteiger partial charge in [-0.2, -0.15) is 8.42 Å². The Hall–Kier alpha value is -1.16. The summed E-state index contributed by atoms with van der Waals surface area (Å²) in [5.41, 5.74) is 0. The van der Waals surface area contributed by atoms with Crippen LogP contribution in [0.3, 0.4) is 0 Å². The SMILES string of the molecule is CCCCCCCCCCCCCC/C=C\CCCCCCCCCCCCCCCCCCCC(=O)NC(COC1OC(CO)C(O)C(OS(=O)(=O)O)C1O)C(O)CCCCCCCCCCCCCCCCCCCCCCC. The number of aliphatic hydroxyl groups is 4. The molecule has 0 saturated carbocycles. The Morgan fingerprint density at radius 3 is 1.11 bits per heavy atom. The molecule has 1 heterocycles. The summed E-state index contributed by atoms with van der Waals surface area (Å²) in [6.07, 6.45) is 63.9. The average Bonchev–Trinajstić information content (AvgIpc) is 3.50. The van der Waals surface area contributed by atoms with Crippen LogP contribution in [0.4, 0.5) is 0 Å². The molecular formula is C68H133NO11S. The summed E-state index contributed by atoms with van der Waals surface area (Å²) >= 11 is 0. The third-order valence-corrected chi connectivity index (χ3v) is 17.5. The highest BCUT2D eigenvalue weighted by Crippen LogP contribution is 2.27. The van der Waals surface area contributed by atoms with Gasteiger partial charge in [0.2, 0.25) is 5.91 Å². The minimum absolute atomic E-state index is 0.221. The molecule has 0 bridgehead atoms. The second-order valence-electron chi connectivity index (χ2n) is 24.8. The van der Waals surface area contributed by atoms with Crippen molar-refractivity contribution in [2.24, 2.45) is 0 Å². The summed E-state index contributed by atoms with van der Waals surface area (Å²) < 4.78 is 48.1. The van der Waals surface area contributed by atoms with E-state index in [2.05, 4.69) is 35.5 Å². The maximum atomic E-state index is 13.2. The first-order valence-electron chi connectivity index (χ1n) is 35.1. The molecule has 0 spiro atoms. The van der Waals surface area contributed by atoms with Gasteiger partial charge in [-0.3, -0.25) is 9.35 Å². The largest absolute Gasteiger partial charge is 0.397 e. The highest BCUT2D eigenvalue weighted by molar-refractivity contribution is 7.80. The van der Waals surface area contributed by atoms with Crippen molar-refractivity contribution >= 4 is 16.3 Å². The van der Waals surface area contributed by atoms with Gasteiger partial charge in [0.05, 0.1) is 25.4 Å². The number of rotatable bonds is 63. The van der Waals surface area contributed by atoms with E-state index in [0.29, 0.717) is 12.8 Å². The lowest BCUT2D eigenvalue weighted by Gasteiger charge is -2.41. The zero-order valence-corrected chi connectivity index (χ0v) is 53.7. The van der Waals surface area contributed by atoms with E-state index in [9.17, 15) is 38.2 Å². The molecule has 0 aromatic rings. The van der Waals surface area contributed by atoms with Gasteiger partial charge in [0.25, 0.3) is 0 Å². The molecule has 7 unspecified atom stereocenters. The highest BCUT2D eigenvalue weighted by Gasteiger charge is 2.48. The van der Waals surface area contributed by atoms with E-state index in [1.54, 1.807) is 0 Å². The minimum Gasteiger partial charge on any atom is -0.394 e. The molecule has 6 N–H and O–H groups in total. The van der Waals surface area contributed by atoms with E-state index in [-0.39, 0.29) is 12.5 Å². The van der Waals surface area contributed by atoms with Crippen LogP contribution in [0.1, 0.15) is 361 Å². The molecule has 7 atom stereocenters. The van der Waals surface area contributed by atoms with Crippen LogP contribution in [0.5, 0.6) is 0 Å². The number of nitrogens with one attached hydrogen (secondary N) is 1. The summed E-state index contributed by atoms with van der Waals surface area (Å²) in [6, 6.07) is -0.856. The number of carbonyl (C=O) groups excluding carboxylic acids is 1. The Morgan fingerprint density at radius 2 is 0.790 bits per heavy atom. The topological polar surface area (TPSA) is 192 Å². The fourth-order valence-electron chi connectivity index (χ4n) is 11.7. The minimum atomic E-state index is -5.08. The van der Waals surface area contributed by atoms with Gasteiger partial charge in [-0.05, 0) is 38.5 Å². The molecule has 0 aromatic heterocycles. The Labute approximate surface area is 500 Å². The molecule has 1 aliphatic rings. The molecule has 1 rings (SSSR count). The van der Waals surface area contributed by atoms with Crippen molar-refractivity contribution in [3.05, 3.63) is 12.2 Å². The standard InChI is InChI=1S/C68H133NO11S/c1-3-5-7-9-11-13-15-17-19-21-23-25-26-27-28-29-30-31-32-33-34-35-36-38-40-42-44-46-48-50-52-54-56-58-64(72)69-61(60-78-68-66(74)67(80-81(75,76)77)65(73)63(59-70)79-68)62(71)57-55-53-51-49-47-45-43-41-39-37-24-22-20-18-16-14-12-10-8-6-4-2/h27-28,61-63,65-68,70-71,73-74H,3-26,29-60H2,1-2H3,(H,69,72)(H,75,76,77)/b28-27-. The van der Waals surface area contributed by atoms with Crippen LogP contribution in [0.15, 0.2) is 12.2 Å². The second kappa shape index (κ2) is 57.9. The normalized spacial score (nSPS) is 18.5. The van der Waals surface area contributed by atoms with Gasteiger partial charge in [0.1, 0.15) is 24.4 Å². The maximum Gasteiger partial charge on any atom is 0.397 e. The lowest BCUT2D eigenvalue weighted by Crippen LogP contribution is -2.61. The number of unbranched alkanes of at least 4 members (excludes halogenated alkanes) is 49. The van der Waals surface area contributed by atoms with Gasteiger partial charge in [0.15, 0.2) is 6.29 Å². The molecule has 1 saturated heterocycles.